The molecular formula is C11H7F2N5O. The molecule has 0 fully saturated rings. The summed E-state index contributed by atoms with van der Waals surface area (Å²) in [4.78, 5) is 7.82. The van der Waals surface area contributed by atoms with Crippen LogP contribution in [0, 0.1) is 18.6 Å². The van der Waals surface area contributed by atoms with E-state index in [-0.39, 0.29) is 22.8 Å². The fraction of sp³-hybridized carbons (Fsp3) is 0.0909. The van der Waals surface area contributed by atoms with Crippen LogP contribution in [0.5, 0.6) is 0 Å². The molecule has 8 heteroatoms. The number of aryl methyl sites for hydroxylation is 1. The predicted molar refractivity (Wildman–Crippen MR) is 59.8 cm³/mol. The maximum atomic E-state index is 13.7. The second-order valence-electron chi connectivity index (χ2n) is 3.84. The van der Waals surface area contributed by atoms with Crippen molar-refractivity contribution < 1.29 is 13.3 Å². The third-order valence-electron chi connectivity index (χ3n) is 2.53. The Morgan fingerprint density at radius 1 is 1.21 bits per heavy atom. The summed E-state index contributed by atoms with van der Waals surface area (Å²) in [6.45, 7) is 1.52. The molecule has 0 amide bonds. The first-order chi connectivity index (χ1) is 9.15. The zero-order chi connectivity index (χ0) is 13.4. The van der Waals surface area contributed by atoms with Crippen molar-refractivity contribution in [3.63, 3.8) is 0 Å². The molecule has 0 radical (unpaired) electrons. The lowest BCUT2D eigenvalue weighted by molar-refractivity contribution is 0.429. The number of aromatic nitrogens is 5. The van der Waals surface area contributed by atoms with Crippen molar-refractivity contribution in [3.8, 4) is 23.1 Å². The van der Waals surface area contributed by atoms with Gasteiger partial charge in [0, 0.05) is 6.07 Å². The smallest absolute Gasteiger partial charge is 0.261 e. The summed E-state index contributed by atoms with van der Waals surface area (Å²) in [5.74, 6) is -0.998. The first-order valence-corrected chi connectivity index (χ1v) is 5.30. The highest BCUT2D eigenvalue weighted by Gasteiger charge is 2.17. The Morgan fingerprint density at radius 3 is 2.79 bits per heavy atom. The second-order valence-corrected chi connectivity index (χ2v) is 3.84. The number of rotatable bonds is 2. The highest BCUT2D eigenvalue weighted by molar-refractivity contribution is 5.57. The van der Waals surface area contributed by atoms with Gasteiger partial charge in [-0.25, -0.2) is 13.8 Å². The Bertz CT molecular complexity index is 723. The van der Waals surface area contributed by atoms with E-state index in [4.69, 9.17) is 4.52 Å². The van der Waals surface area contributed by atoms with Crippen LogP contribution in [0.1, 0.15) is 5.56 Å². The SMILES string of the molecule is Cc1cc(-c2nc(-c3ncn[nH]3)no2)c(F)cc1F. The Balaban J connectivity index is 2.06. The summed E-state index contributed by atoms with van der Waals surface area (Å²) >= 11 is 0. The van der Waals surface area contributed by atoms with E-state index in [2.05, 4.69) is 25.3 Å². The Labute approximate surface area is 105 Å². The number of hydrogen-bond acceptors (Lipinski definition) is 5. The van der Waals surface area contributed by atoms with Gasteiger partial charge in [0.25, 0.3) is 5.89 Å². The maximum Gasteiger partial charge on any atom is 0.261 e. The molecule has 0 spiro atoms. The molecule has 1 N–H and O–H groups in total. The zero-order valence-corrected chi connectivity index (χ0v) is 9.69. The summed E-state index contributed by atoms with van der Waals surface area (Å²) in [6, 6.07) is 2.09. The number of aromatic amines is 1. The third-order valence-corrected chi connectivity index (χ3v) is 2.53. The standard InChI is InChI=1S/C11H7F2N5O/c1-5-2-6(8(13)3-7(5)12)11-16-10(18-19-11)9-14-4-15-17-9/h2-4H,1H3,(H,14,15,17). The average molecular weight is 263 g/mol. The van der Waals surface area contributed by atoms with Crippen LogP contribution in [0.25, 0.3) is 23.1 Å². The number of hydrogen-bond donors (Lipinski definition) is 1. The van der Waals surface area contributed by atoms with Gasteiger partial charge in [-0.05, 0) is 18.6 Å². The molecule has 0 atom stereocenters. The van der Waals surface area contributed by atoms with Gasteiger partial charge in [0.1, 0.15) is 18.0 Å². The van der Waals surface area contributed by atoms with Crippen molar-refractivity contribution in [2.45, 2.75) is 6.92 Å². The van der Waals surface area contributed by atoms with Crippen molar-refractivity contribution in [2.24, 2.45) is 0 Å². The van der Waals surface area contributed by atoms with Gasteiger partial charge in [0.2, 0.25) is 5.82 Å². The maximum absolute atomic E-state index is 13.7. The van der Waals surface area contributed by atoms with Crippen molar-refractivity contribution in [2.75, 3.05) is 0 Å². The minimum atomic E-state index is -0.768. The van der Waals surface area contributed by atoms with Gasteiger partial charge in [0.05, 0.1) is 5.56 Å². The van der Waals surface area contributed by atoms with Crippen LogP contribution < -0.4 is 0 Å². The molecule has 6 nitrogen and oxygen atoms in total. The van der Waals surface area contributed by atoms with E-state index >= 15 is 0 Å². The van der Waals surface area contributed by atoms with Crippen molar-refractivity contribution in [1.29, 1.82) is 0 Å². The molecule has 19 heavy (non-hydrogen) atoms. The molecule has 2 heterocycles. The first kappa shape index (κ1) is 11.5. The predicted octanol–water partition coefficient (Wildman–Crippen LogP) is 2.11. The van der Waals surface area contributed by atoms with Crippen LogP contribution in [0.3, 0.4) is 0 Å². The molecule has 0 aliphatic rings. The van der Waals surface area contributed by atoms with E-state index in [1.807, 2.05) is 0 Å². The Hall–Kier alpha value is -2.64. The van der Waals surface area contributed by atoms with Crippen LogP contribution in [0.4, 0.5) is 8.78 Å². The van der Waals surface area contributed by atoms with E-state index < -0.39 is 11.6 Å². The topological polar surface area (TPSA) is 80.5 Å². The van der Waals surface area contributed by atoms with Gasteiger partial charge in [0.15, 0.2) is 5.82 Å². The third kappa shape index (κ3) is 1.96. The van der Waals surface area contributed by atoms with Crippen LogP contribution in [0.15, 0.2) is 23.0 Å². The molecule has 2 aromatic heterocycles. The van der Waals surface area contributed by atoms with Crippen molar-refractivity contribution in [1.82, 2.24) is 25.3 Å². The quantitative estimate of drug-likeness (QED) is 0.765. The molecule has 0 aliphatic heterocycles. The molecule has 0 unspecified atom stereocenters. The van der Waals surface area contributed by atoms with E-state index in [9.17, 15) is 8.78 Å². The first-order valence-electron chi connectivity index (χ1n) is 5.30. The van der Waals surface area contributed by atoms with E-state index in [1.165, 1.54) is 19.3 Å². The van der Waals surface area contributed by atoms with Gasteiger partial charge in [-0.2, -0.15) is 10.1 Å². The van der Waals surface area contributed by atoms with Crippen LogP contribution in [0.2, 0.25) is 0 Å². The summed E-state index contributed by atoms with van der Waals surface area (Å²) in [5, 5.41) is 9.84. The minimum Gasteiger partial charge on any atom is -0.333 e. The zero-order valence-electron chi connectivity index (χ0n) is 9.69. The molecule has 3 rings (SSSR count). The highest BCUT2D eigenvalue weighted by atomic mass is 19.1. The fourth-order valence-electron chi connectivity index (χ4n) is 1.56. The van der Waals surface area contributed by atoms with Crippen molar-refractivity contribution >= 4 is 0 Å². The number of nitrogens with one attached hydrogen (secondary N) is 1. The Kier molecular flexibility index (Phi) is 2.55. The van der Waals surface area contributed by atoms with E-state index in [0.29, 0.717) is 5.82 Å². The lowest BCUT2D eigenvalue weighted by atomic mass is 10.1. The number of halogens is 2. The second kappa shape index (κ2) is 4.23. The molecule has 1 aromatic carbocycles. The number of benzene rings is 1. The van der Waals surface area contributed by atoms with Gasteiger partial charge < -0.3 is 4.52 Å². The van der Waals surface area contributed by atoms with Gasteiger partial charge in [-0.3, -0.25) is 5.10 Å². The fourth-order valence-corrected chi connectivity index (χ4v) is 1.56. The van der Waals surface area contributed by atoms with Gasteiger partial charge in [-0.1, -0.05) is 5.16 Å². The van der Waals surface area contributed by atoms with Gasteiger partial charge >= 0.3 is 0 Å². The lowest BCUT2D eigenvalue weighted by Gasteiger charge is -2.00. The molecule has 96 valence electrons. The summed E-state index contributed by atoms with van der Waals surface area (Å²) in [5.41, 5.74) is 0.327. The Morgan fingerprint density at radius 2 is 2.05 bits per heavy atom. The summed E-state index contributed by atoms with van der Waals surface area (Å²) < 4.78 is 31.8. The molecule has 0 bridgehead atoms. The highest BCUT2D eigenvalue weighted by Crippen LogP contribution is 2.25. The van der Waals surface area contributed by atoms with Crippen molar-refractivity contribution in [3.05, 3.63) is 35.7 Å². The molecular weight excluding hydrogens is 256 g/mol. The van der Waals surface area contributed by atoms with E-state index in [0.717, 1.165) is 6.07 Å². The number of nitrogens with zero attached hydrogens (tertiary/aromatic N) is 4. The van der Waals surface area contributed by atoms with Gasteiger partial charge in [-0.15, -0.1) is 0 Å². The minimum absolute atomic E-state index is 0.0390. The largest absolute Gasteiger partial charge is 0.333 e. The molecule has 3 aromatic rings. The monoisotopic (exact) mass is 263 g/mol. The van der Waals surface area contributed by atoms with Crippen LogP contribution >= 0.6 is 0 Å². The van der Waals surface area contributed by atoms with Crippen LogP contribution in [-0.2, 0) is 0 Å². The van der Waals surface area contributed by atoms with Crippen LogP contribution in [-0.4, -0.2) is 25.3 Å². The molecule has 0 saturated carbocycles. The number of H-pyrrole nitrogens is 1. The average Bonchev–Trinajstić information content (AvgIpc) is 3.03. The lowest BCUT2D eigenvalue weighted by Crippen LogP contribution is -1.91. The normalized spacial score (nSPS) is 10.9. The molecule has 0 saturated heterocycles. The summed E-state index contributed by atoms with van der Waals surface area (Å²) in [7, 11) is 0. The molecule has 0 aliphatic carbocycles. The summed E-state index contributed by atoms with van der Waals surface area (Å²) in [6.07, 6.45) is 1.29. The van der Waals surface area contributed by atoms with E-state index in [1.54, 1.807) is 0 Å².